The van der Waals surface area contributed by atoms with Crippen LogP contribution in [0.2, 0.25) is 0 Å². The molecule has 0 saturated heterocycles. The molecule has 2 rings (SSSR count). The standard InChI is InChI=1S/C15H20BrFN2O/c1-2-19(12-6-4-11(18)5-7-12)15(20)13-8-3-10(17)9-14(13)16/h3,8-9,11-12H,2,4-7,18H2,1H3. The van der Waals surface area contributed by atoms with E-state index < -0.39 is 0 Å². The van der Waals surface area contributed by atoms with Crippen molar-refractivity contribution in [1.29, 1.82) is 0 Å². The summed E-state index contributed by atoms with van der Waals surface area (Å²) in [6.45, 7) is 2.63. The largest absolute Gasteiger partial charge is 0.336 e. The maximum atomic E-state index is 13.1. The molecular weight excluding hydrogens is 323 g/mol. The van der Waals surface area contributed by atoms with Crippen LogP contribution in [0, 0.1) is 5.82 Å². The summed E-state index contributed by atoms with van der Waals surface area (Å²) in [4.78, 5) is 14.5. The van der Waals surface area contributed by atoms with Gasteiger partial charge in [0.15, 0.2) is 0 Å². The second-order valence-corrected chi connectivity index (χ2v) is 6.14. The van der Waals surface area contributed by atoms with Crippen molar-refractivity contribution in [3.05, 3.63) is 34.1 Å². The van der Waals surface area contributed by atoms with Crippen LogP contribution in [0.3, 0.4) is 0 Å². The predicted molar refractivity (Wildman–Crippen MR) is 81.0 cm³/mol. The fraction of sp³-hybridized carbons (Fsp3) is 0.533. The Morgan fingerprint density at radius 2 is 2.05 bits per heavy atom. The molecule has 0 atom stereocenters. The third kappa shape index (κ3) is 3.38. The van der Waals surface area contributed by atoms with Crippen LogP contribution in [0.25, 0.3) is 0 Å². The van der Waals surface area contributed by atoms with Gasteiger partial charge >= 0.3 is 0 Å². The molecule has 0 aliphatic heterocycles. The minimum absolute atomic E-state index is 0.0418. The van der Waals surface area contributed by atoms with E-state index >= 15 is 0 Å². The van der Waals surface area contributed by atoms with Crippen molar-refractivity contribution in [2.24, 2.45) is 5.73 Å². The molecule has 110 valence electrons. The Labute approximate surface area is 127 Å². The number of hydrogen-bond acceptors (Lipinski definition) is 2. The Balaban J connectivity index is 2.16. The molecule has 0 spiro atoms. The van der Waals surface area contributed by atoms with Crippen LogP contribution < -0.4 is 5.73 Å². The van der Waals surface area contributed by atoms with Crippen LogP contribution >= 0.6 is 15.9 Å². The van der Waals surface area contributed by atoms with E-state index in [0.29, 0.717) is 16.6 Å². The number of benzene rings is 1. The second-order valence-electron chi connectivity index (χ2n) is 5.28. The molecule has 1 aromatic rings. The van der Waals surface area contributed by atoms with Gasteiger partial charge in [0.05, 0.1) is 5.56 Å². The third-order valence-corrected chi connectivity index (χ3v) is 4.60. The highest BCUT2D eigenvalue weighted by atomic mass is 79.9. The summed E-state index contributed by atoms with van der Waals surface area (Å²) >= 11 is 3.27. The van der Waals surface area contributed by atoms with E-state index in [-0.39, 0.29) is 23.8 Å². The van der Waals surface area contributed by atoms with Crippen molar-refractivity contribution in [3.8, 4) is 0 Å². The molecule has 20 heavy (non-hydrogen) atoms. The number of nitrogens with zero attached hydrogens (tertiary/aromatic N) is 1. The fourth-order valence-corrected chi connectivity index (χ4v) is 3.32. The first-order valence-electron chi connectivity index (χ1n) is 7.04. The van der Waals surface area contributed by atoms with Crippen molar-refractivity contribution in [2.45, 2.75) is 44.7 Å². The average molecular weight is 343 g/mol. The highest BCUT2D eigenvalue weighted by Crippen LogP contribution is 2.26. The normalized spacial score (nSPS) is 22.6. The predicted octanol–water partition coefficient (Wildman–Crippen LogP) is 3.32. The van der Waals surface area contributed by atoms with Gasteiger partial charge in [-0.05, 0) is 66.7 Å². The molecule has 1 fully saturated rings. The quantitative estimate of drug-likeness (QED) is 0.915. The SMILES string of the molecule is CCN(C(=O)c1ccc(F)cc1Br)C1CCC(N)CC1. The van der Waals surface area contributed by atoms with E-state index in [1.165, 1.54) is 12.1 Å². The minimum Gasteiger partial charge on any atom is -0.336 e. The van der Waals surface area contributed by atoms with Crippen molar-refractivity contribution in [3.63, 3.8) is 0 Å². The summed E-state index contributed by atoms with van der Waals surface area (Å²) in [5, 5.41) is 0. The second kappa shape index (κ2) is 6.68. The minimum atomic E-state index is -0.347. The Kier molecular flexibility index (Phi) is 5.16. The van der Waals surface area contributed by atoms with Gasteiger partial charge in [0, 0.05) is 23.1 Å². The van der Waals surface area contributed by atoms with E-state index in [9.17, 15) is 9.18 Å². The molecule has 1 amide bonds. The maximum absolute atomic E-state index is 13.1. The lowest BCUT2D eigenvalue weighted by Gasteiger charge is -2.35. The smallest absolute Gasteiger partial charge is 0.255 e. The molecular formula is C15H20BrFN2O. The number of nitrogens with two attached hydrogens (primary N) is 1. The number of carbonyl (C=O) groups is 1. The van der Waals surface area contributed by atoms with Crippen LogP contribution in [0.5, 0.6) is 0 Å². The summed E-state index contributed by atoms with van der Waals surface area (Å²) in [5.41, 5.74) is 6.43. The van der Waals surface area contributed by atoms with Gasteiger partial charge in [-0.1, -0.05) is 0 Å². The molecule has 0 unspecified atom stereocenters. The van der Waals surface area contributed by atoms with Crippen molar-refractivity contribution >= 4 is 21.8 Å². The Morgan fingerprint density at radius 3 is 2.60 bits per heavy atom. The molecule has 0 heterocycles. The molecule has 5 heteroatoms. The number of amides is 1. The van der Waals surface area contributed by atoms with Gasteiger partial charge in [0.1, 0.15) is 5.82 Å². The molecule has 1 aromatic carbocycles. The van der Waals surface area contributed by atoms with Gasteiger partial charge in [0.2, 0.25) is 0 Å². The molecule has 0 bridgehead atoms. The number of rotatable bonds is 3. The summed E-state index contributed by atoms with van der Waals surface area (Å²) in [7, 11) is 0. The molecule has 1 aliphatic carbocycles. The zero-order chi connectivity index (χ0) is 14.7. The van der Waals surface area contributed by atoms with Crippen molar-refractivity contribution < 1.29 is 9.18 Å². The first kappa shape index (κ1) is 15.4. The summed E-state index contributed by atoms with van der Waals surface area (Å²) in [6.07, 6.45) is 3.80. The fourth-order valence-electron chi connectivity index (χ4n) is 2.80. The zero-order valence-corrected chi connectivity index (χ0v) is 13.2. The van der Waals surface area contributed by atoms with E-state index in [1.807, 2.05) is 11.8 Å². The van der Waals surface area contributed by atoms with Gasteiger partial charge in [-0.3, -0.25) is 4.79 Å². The third-order valence-electron chi connectivity index (χ3n) is 3.95. The van der Waals surface area contributed by atoms with Crippen molar-refractivity contribution in [2.75, 3.05) is 6.54 Å². The average Bonchev–Trinajstić information content (AvgIpc) is 2.41. The molecule has 1 aliphatic rings. The van der Waals surface area contributed by atoms with Gasteiger partial charge in [-0.15, -0.1) is 0 Å². The number of halogens is 2. The van der Waals surface area contributed by atoms with Crippen LogP contribution in [0.4, 0.5) is 4.39 Å². The lowest BCUT2D eigenvalue weighted by atomic mass is 9.90. The summed E-state index contributed by atoms with van der Waals surface area (Å²) in [5.74, 6) is -0.389. The van der Waals surface area contributed by atoms with Gasteiger partial charge in [0.25, 0.3) is 5.91 Å². The molecule has 2 N–H and O–H groups in total. The van der Waals surface area contributed by atoms with Crippen LogP contribution in [0.1, 0.15) is 43.0 Å². The maximum Gasteiger partial charge on any atom is 0.255 e. The van der Waals surface area contributed by atoms with E-state index in [4.69, 9.17) is 5.73 Å². The van der Waals surface area contributed by atoms with Gasteiger partial charge in [-0.25, -0.2) is 4.39 Å². The monoisotopic (exact) mass is 342 g/mol. The Bertz CT molecular complexity index is 487. The molecule has 0 radical (unpaired) electrons. The first-order valence-corrected chi connectivity index (χ1v) is 7.83. The highest BCUT2D eigenvalue weighted by Gasteiger charge is 2.28. The van der Waals surface area contributed by atoms with E-state index in [1.54, 1.807) is 6.07 Å². The molecule has 0 aromatic heterocycles. The Hall–Kier alpha value is -0.940. The van der Waals surface area contributed by atoms with Gasteiger partial charge < -0.3 is 10.6 Å². The lowest BCUT2D eigenvalue weighted by Crippen LogP contribution is -2.44. The van der Waals surface area contributed by atoms with E-state index in [0.717, 1.165) is 25.7 Å². The van der Waals surface area contributed by atoms with E-state index in [2.05, 4.69) is 15.9 Å². The lowest BCUT2D eigenvalue weighted by molar-refractivity contribution is 0.0639. The number of carbonyl (C=O) groups excluding carboxylic acids is 1. The summed E-state index contributed by atoms with van der Waals surface area (Å²) in [6, 6.07) is 4.70. The summed E-state index contributed by atoms with van der Waals surface area (Å²) < 4.78 is 13.6. The van der Waals surface area contributed by atoms with Gasteiger partial charge in [-0.2, -0.15) is 0 Å². The van der Waals surface area contributed by atoms with Crippen molar-refractivity contribution in [1.82, 2.24) is 4.90 Å². The van der Waals surface area contributed by atoms with Crippen LogP contribution in [0.15, 0.2) is 22.7 Å². The topological polar surface area (TPSA) is 46.3 Å². The Morgan fingerprint density at radius 1 is 1.40 bits per heavy atom. The van der Waals surface area contributed by atoms with Crippen LogP contribution in [-0.4, -0.2) is 29.4 Å². The zero-order valence-electron chi connectivity index (χ0n) is 11.6. The van der Waals surface area contributed by atoms with Crippen LogP contribution in [-0.2, 0) is 0 Å². The highest BCUT2D eigenvalue weighted by molar-refractivity contribution is 9.10. The molecule has 3 nitrogen and oxygen atoms in total. The molecule has 1 saturated carbocycles. The number of hydrogen-bond donors (Lipinski definition) is 1. The first-order chi connectivity index (χ1) is 9.52.